The molecule has 0 fully saturated rings. The van der Waals surface area contributed by atoms with Crippen LogP contribution in [-0.4, -0.2) is 16.0 Å². The molecule has 0 spiro atoms. The molecule has 0 aliphatic carbocycles. The zero-order valence-corrected chi connectivity index (χ0v) is 9.71. The van der Waals surface area contributed by atoms with Gasteiger partial charge < -0.3 is 0 Å². The SMILES string of the molecule is O=C(CBr)c1cccc(C(F)(F)F)c1[N+](=O)[O-]. The molecule has 0 N–H and O–H groups in total. The molecule has 0 aliphatic rings. The van der Waals surface area contributed by atoms with Crippen LogP contribution in [0.5, 0.6) is 0 Å². The number of hydrogen-bond donors (Lipinski definition) is 0. The number of alkyl halides is 4. The molecule has 0 atom stereocenters. The summed E-state index contributed by atoms with van der Waals surface area (Å²) in [6.07, 6.45) is -4.87. The van der Waals surface area contributed by atoms with E-state index in [-0.39, 0.29) is 5.33 Å². The fraction of sp³-hybridized carbons (Fsp3) is 0.222. The van der Waals surface area contributed by atoms with E-state index < -0.39 is 33.7 Å². The second-order valence-electron chi connectivity index (χ2n) is 3.01. The molecule has 0 amide bonds. The Hall–Kier alpha value is -1.44. The lowest BCUT2D eigenvalue weighted by molar-refractivity contribution is -0.388. The third-order valence-corrected chi connectivity index (χ3v) is 2.46. The molecular formula is C9H5BrF3NO3. The molecule has 1 aromatic carbocycles. The van der Waals surface area contributed by atoms with Gasteiger partial charge in [-0.3, -0.25) is 14.9 Å². The molecule has 92 valence electrons. The Labute approximate surface area is 102 Å². The van der Waals surface area contributed by atoms with Gasteiger partial charge in [-0.2, -0.15) is 13.2 Å². The van der Waals surface area contributed by atoms with Crippen LogP contribution in [0.3, 0.4) is 0 Å². The van der Waals surface area contributed by atoms with Crippen molar-refractivity contribution in [3.05, 3.63) is 39.4 Å². The number of ketones is 1. The molecule has 0 radical (unpaired) electrons. The lowest BCUT2D eigenvalue weighted by Gasteiger charge is -2.09. The lowest BCUT2D eigenvalue weighted by Crippen LogP contribution is -2.13. The Bertz CT molecular complexity index is 473. The van der Waals surface area contributed by atoms with Crippen LogP contribution in [0.25, 0.3) is 0 Å². The number of rotatable bonds is 3. The average Bonchev–Trinajstić information content (AvgIpc) is 2.25. The number of Topliss-reactive ketones (excluding diaryl/α,β-unsaturated/α-hetero) is 1. The van der Waals surface area contributed by atoms with E-state index in [0.29, 0.717) is 6.07 Å². The summed E-state index contributed by atoms with van der Waals surface area (Å²) < 4.78 is 37.6. The summed E-state index contributed by atoms with van der Waals surface area (Å²) in [7, 11) is 0. The molecule has 0 saturated carbocycles. The maximum Gasteiger partial charge on any atom is 0.423 e. The first-order chi connectivity index (χ1) is 7.79. The molecule has 1 aromatic rings. The number of carbonyl (C=O) groups excluding carboxylic acids is 1. The van der Waals surface area contributed by atoms with Gasteiger partial charge in [-0.05, 0) is 12.1 Å². The minimum atomic E-state index is -4.87. The van der Waals surface area contributed by atoms with Gasteiger partial charge in [-0.25, -0.2) is 0 Å². The van der Waals surface area contributed by atoms with E-state index in [4.69, 9.17) is 0 Å². The number of nitro benzene ring substituents is 1. The predicted octanol–water partition coefficient (Wildman–Crippen LogP) is 3.19. The molecule has 0 heterocycles. The van der Waals surface area contributed by atoms with Crippen molar-refractivity contribution in [1.82, 2.24) is 0 Å². The Morgan fingerprint density at radius 3 is 2.41 bits per heavy atom. The van der Waals surface area contributed by atoms with Crippen LogP contribution in [-0.2, 0) is 6.18 Å². The van der Waals surface area contributed by atoms with E-state index in [1.54, 1.807) is 0 Å². The number of carbonyl (C=O) groups is 1. The van der Waals surface area contributed by atoms with Gasteiger partial charge in [0.15, 0.2) is 5.78 Å². The summed E-state index contributed by atoms with van der Waals surface area (Å²) in [5, 5.41) is 10.4. The van der Waals surface area contributed by atoms with Crippen LogP contribution in [0.4, 0.5) is 18.9 Å². The van der Waals surface area contributed by atoms with Crippen molar-refractivity contribution < 1.29 is 22.9 Å². The first-order valence-corrected chi connectivity index (χ1v) is 5.35. The smallest absolute Gasteiger partial charge is 0.293 e. The Morgan fingerprint density at radius 1 is 1.41 bits per heavy atom. The highest BCUT2D eigenvalue weighted by Gasteiger charge is 2.40. The summed E-state index contributed by atoms with van der Waals surface area (Å²) in [6.45, 7) is 0. The van der Waals surface area contributed by atoms with E-state index in [0.717, 1.165) is 12.1 Å². The van der Waals surface area contributed by atoms with Gasteiger partial charge in [0.25, 0.3) is 5.69 Å². The Morgan fingerprint density at radius 2 is 2.00 bits per heavy atom. The van der Waals surface area contributed by atoms with Crippen molar-refractivity contribution in [2.24, 2.45) is 0 Å². The maximum atomic E-state index is 12.5. The van der Waals surface area contributed by atoms with Crippen molar-refractivity contribution in [1.29, 1.82) is 0 Å². The highest BCUT2D eigenvalue weighted by molar-refractivity contribution is 9.09. The van der Waals surface area contributed by atoms with Gasteiger partial charge in [-0.15, -0.1) is 0 Å². The van der Waals surface area contributed by atoms with Crippen LogP contribution >= 0.6 is 15.9 Å². The third kappa shape index (κ3) is 2.82. The van der Waals surface area contributed by atoms with Crippen LogP contribution in [0.2, 0.25) is 0 Å². The first kappa shape index (κ1) is 13.6. The minimum Gasteiger partial charge on any atom is -0.293 e. The van der Waals surface area contributed by atoms with Crippen LogP contribution < -0.4 is 0 Å². The van der Waals surface area contributed by atoms with Gasteiger partial charge in [-0.1, -0.05) is 22.0 Å². The van der Waals surface area contributed by atoms with Crippen molar-refractivity contribution in [2.45, 2.75) is 6.18 Å². The second-order valence-corrected chi connectivity index (χ2v) is 3.57. The van der Waals surface area contributed by atoms with Gasteiger partial charge in [0.2, 0.25) is 0 Å². The van der Waals surface area contributed by atoms with Crippen molar-refractivity contribution in [3.63, 3.8) is 0 Å². The zero-order valence-electron chi connectivity index (χ0n) is 8.12. The van der Waals surface area contributed by atoms with Crippen LogP contribution in [0, 0.1) is 10.1 Å². The molecule has 0 aliphatic heterocycles. The van der Waals surface area contributed by atoms with Crippen molar-refractivity contribution >= 4 is 27.4 Å². The monoisotopic (exact) mass is 311 g/mol. The van der Waals surface area contributed by atoms with E-state index >= 15 is 0 Å². The summed E-state index contributed by atoms with van der Waals surface area (Å²) in [5.41, 5.74) is -3.18. The van der Waals surface area contributed by atoms with Gasteiger partial charge in [0.05, 0.1) is 15.8 Å². The number of nitro groups is 1. The number of hydrogen-bond acceptors (Lipinski definition) is 3. The quantitative estimate of drug-likeness (QED) is 0.373. The fourth-order valence-corrected chi connectivity index (χ4v) is 1.57. The zero-order chi connectivity index (χ0) is 13.2. The molecule has 0 unspecified atom stereocenters. The molecule has 4 nitrogen and oxygen atoms in total. The number of nitrogens with zero attached hydrogens (tertiary/aromatic N) is 1. The standard InChI is InChI=1S/C9H5BrF3NO3/c10-4-7(15)5-2-1-3-6(9(11,12)13)8(5)14(16)17/h1-3H,4H2. The van der Waals surface area contributed by atoms with Gasteiger partial charge in [0.1, 0.15) is 5.56 Å². The Kier molecular flexibility index (Phi) is 3.87. The molecule has 0 aromatic heterocycles. The molecule has 0 bridgehead atoms. The molecule has 1 rings (SSSR count). The van der Waals surface area contributed by atoms with Gasteiger partial charge >= 0.3 is 6.18 Å². The third-order valence-electron chi connectivity index (χ3n) is 1.95. The van der Waals surface area contributed by atoms with Crippen molar-refractivity contribution in [2.75, 3.05) is 5.33 Å². The number of halogens is 4. The highest BCUT2D eigenvalue weighted by atomic mass is 79.9. The van der Waals surface area contributed by atoms with Gasteiger partial charge in [0, 0.05) is 0 Å². The van der Waals surface area contributed by atoms with Crippen LogP contribution in [0.1, 0.15) is 15.9 Å². The van der Waals surface area contributed by atoms with E-state index in [1.807, 2.05) is 0 Å². The summed E-state index contributed by atoms with van der Waals surface area (Å²) in [4.78, 5) is 20.8. The largest absolute Gasteiger partial charge is 0.423 e. The molecule has 0 saturated heterocycles. The molecule has 8 heteroatoms. The Balaban J connectivity index is 3.54. The number of benzene rings is 1. The summed E-state index contributed by atoms with van der Waals surface area (Å²) >= 11 is 2.76. The molecular weight excluding hydrogens is 307 g/mol. The average molecular weight is 312 g/mol. The lowest BCUT2D eigenvalue weighted by atomic mass is 10.0. The topological polar surface area (TPSA) is 60.2 Å². The van der Waals surface area contributed by atoms with Crippen molar-refractivity contribution in [3.8, 4) is 0 Å². The normalized spacial score (nSPS) is 11.3. The first-order valence-electron chi connectivity index (χ1n) is 4.22. The summed E-state index contributed by atoms with van der Waals surface area (Å²) in [6, 6.07) is 2.53. The van der Waals surface area contributed by atoms with E-state index in [9.17, 15) is 28.1 Å². The van der Waals surface area contributed by atoms with Crippen LogP contribution in [0.15, 0.2) is 18.2 Å². The minimum absolute atomic E-state index is 0.283. The summed E-state index contributed by atoms with van der Waals surface area (Å²) in [5.74, 6) is -0.775. The fourth-order valence-electron chi connectivity index (χ4n) is 1.27. The predicted molar refractivity (Wildman–Crippen MR) is 56.2 cm³/mol. The maximum absolute atomic E-state index is 12.5. The number of para-hydroxylation sites is 1. The highest BCUT2D eigenvalue weighted by Crippen LogP contribution is 2.37. The van der Waals surface area contributed by atoms with E-state index in [2.05, 4.69) is 15.9 Å². The van der Waals surface area contributed by atoms with E-state index in [1.165, 1.54) is 0 Å². The second kappa shape index (κ2) is 4.82. The molecule has 17 heavy (non-hydrogen) atoms.